The van der Waals surface area contributed by atoms with Gasteiger partial charge in [-0.25, -0.2) is 0 Å². The lowest BCUT2D eigenvalue weighted by Gasteiger charge is -2.27. The summed E-state index contributed by atoms with van der Waals surface area (Å²) in [7, 11) is 0. The summed E-state index contributed by atoms with van der Waals surface area (Å²) in [5, 5.41) is 2.92. The molecule has 1 aromatic rings. The molecule has 0 amide bonds. The Morgan fingerprint density at radius 1 is 1.35 bits per heavy atom. The predicted octanol–water partition coefficient (Wildman–Crippen LogP) is 2.55. The lowest BCUT2D eigenvalue weighted by molar-refractivity contribution is -0.0108. The molecule has 1 atom stereocenters. The van der Waals surface area contributed by atoms with E-state index in [4.69, 9.17) is 4.74 Å². The lowest BCUT2D eigenvalue weighted by Crippen LogP contribution is -2.47. The van der Waals surface area contributed by atoms with Gasteiger partial charge in [0.05, 0.1) is 13.2 Å². The molecule has 0 radical (unpaired) electrons. The zero-order valence-corrected chi connectivity index (χ0v) is 9.88. The number of alkyl halides is 2. The second-order valence-corrected chi connectivity index (χ2v) is 4.79. The fraction of sp³-hybridized carbons (Fsp3) is 0.538. The molecule has 1 heterocycles. The van der Waals surface area contributed by atoms with E-state index in [1.165, 1.54) is 12.1 Å². The standard InChI is InChI=1S/C13H17F2NO/c1-12(7-8-17-10-12)16-9-13(14,15)11-5-3-2-4-6-11/h2-6,16H,7-10H2,1H3. The highest BCUT2D eigenvalue weighted by molar-refractivity contribution is 5.20. The van der Waals surface area contributed by atoms with Crippen LogP contribution in [-0.2, 0) is 10.7 Å². The van der Waals surface area contributed by atoms with Crippen LogP contribution in [0.2, 0.25) is 0 Å². The monoisotopic (exact) mass is 241 g/mol. The highest BCUT2D eigenvalue weighted by Crippen LogP contribution is 2.28. The third-order valence-electron chi connectivity index (χ3n) is 3.15. The maximum atomic E-state index is 13.9. The van der Waals surface area contributed by atoms with Gasteiger partial charge >= 0.3 is 0 Å². The summed E-state index contributed by atoms with van der Waals surface area (Å²) in [5.74, 6) is -2.84. The summed E-state index contributed by atoms with van der Waals surface area (Å²) >= 11 is 0. The quantitative estimate of drug-likeness (QED) is 0.874. The van der Waals surface area contributed by atoms with Crippen molar-refractivity contribution in [2.75, 3.05) is 19.8 Å². The van der Waals surface area contributed by atoms with Crippen LogP contribution in [0.3, 0.4) is 0 Å². The molecule has 2 rings (SSSR count). The van der Waals surface area contributed by atoms with Crippen molar-refractivity contribution in [3.8, 4) is 0 Å². The van der Waals surface area contributed by atoms with Crippen molar-refractivity contribution in [1.29, 1.82) is 0 Å². The van der Waals surface area contributed by atoms with E-state index in [1.807, 2.05) is 6.92 Å². The number of rotatable bonds is 4. The number of halogens is 2. The molecule has 1 aromatic carbocycles. The Hall–Kier alpha value is -1.00. The van der Waals surface area contributed by atoms with Crippen molar-refractivity contribution in [3.05, 3.63) is 35.9 Å². The third-order valence-corrected chi connectivity index (χ3v) is 3.15. The molecule has 0 aliphatic carbocycles. The second kappa shape index (κ2) is 4.70. The zero-order valence-electron chi connectivity index (χ0n) is 9.88. The minimum absolute atomic E-state index is 0.0509. The van der Waals surface area contributed by atoms with Crippen LogP contribution in [0.25, 0.3) is 0 Å². The van der Waals surface area contributed by atoms with Crippen LogP contribution in [0.15, 0.2) is 30.3 Å². The van der Waals surface area contributed by atoms with E-state index in [0.717, 1.165) is 6.42 Å². The molecule has 0 saturated carbocycles. The van der Waals surface area contributed by atoms with Gasteiger partial charge in [0.1, 0.15) is 0 Å². The molecule has 4 heteroatoms. The molecule has 1 unspecified atom stereocenters. The topological polar surface area (TPSA) is 21.3 Å². The fourth-order valence-corrected chi connectivity index (χ4v) is 1.91. The van der Waals surface area contributed by atoms with Crippen molar-refractivity contribution >= 4 is 0 Å². The Kier molecular flexibility index (Phi) is 3.45. The summed E-state index contributed by atoms with van der Waals surface area (Å²) < 4.78 is 33.0. The van der Waals surface area contributed by atoms with E-state index in [2.05, 4.69) is 5.32 Å². The summed E-state index contributed by atoms with van der Waals surface area (Å²) in [6, 6.07) is 7.90. The Labute approximate surface area is 100.0 Å². The molecular weight excluding hydrogens is 224 g/mol. The SMILES string of the molecule is CC1(NCC(F)(F)c2ccccc2)CCOC1. The van der Waals surface area contributed by atoms with Gasteiger partial charge in [-0.2, -0.15) is 8.78 Å². The number of hydrogen-bond donors (Lipinski definition) is 1. The largest absolute Gasteiger partial charge is 0.379 e. The number of benzene rings is 1. The number of nitrogens with one attached hydrogen (secondary N) is 1. The second-order valence-electron chi connectivity index (χ2n) is 4.79. The predicted molar refractivity (Wildman–Crippen MR) is 62.2 cm³/mol. The van der Waals surface area contributed by atoms with Crippen molar-refractivity contribution in [3.63, 3.8) is 0 Å². The highest BCUT2D eigenvalue weighted by atomic mass is 19.3. The molecule has 2 nitrogen and oxygen atoms in total. The number of ether oxygens (including phenoxy) is 1. The van der Waals surface area contributed by atoms with Crippen molar-refractivity contribution in [1.82, 2.24) is 5.32 Å². The van der Waals surface area contributed by atoms with Crippen molar-refractivity contribution in [2.24, 2.45) is 0 Å². The molecule has 94 valence electrons. The molecule has 0 spiro atoms. The molecule has 1 saturated heterocycles. The minimum Gasteiger partial charge on any atom is -0.379 e. The van der Waals surface area contributed by atoms with Gasteiger partial charge in [0.25, 0.3) is 5.92 Å². The van der Waals surface area contributed by atoms with Gasteiger partial charge in [-0.05, 0) is 13.3 Å². The minimum atomic E-state index is -2.84. The van der Waals surface area contributed by atoms with Gasteiger partial charge < -0.3 is 10.1 Å². The Balaban J connectivity index is 1.98. The lowest BCUT2D eigenvalue weighted by atomic mass is 10.0. The first-order valence-corrected chi connectivity index (χ1v) is 5.78. The summed E-state index contributed by atoms with van der Waals surface area (Å²) in [6.45, 7) is 2.70. The Bertz CT molecular complexity index is 361. The summed E-state index contributed by atoms with van der Waals surface area (Å²) in [6.07, 6.45) is 0.776. The van der Waals surface area contributed by atoms with Gasteiger partial charge in [0.2, 0.25) is 0 Å². The van der Waals surface area contributed by atoms with E-state index in [9.17, 15) is 8.78 Å². The Morgan fingerprint density at radius 2 is 2.06 bits per heavy atom. The first-order valence-electron chi connectivity index (χ1n) is 5.78. The molecule has 1 aliphatic heterocycles. The first-order chi connectivity index (χ1) is 8.02. The zero-order chi connectivity index (χ0) is 12.4. The first kappa shape index (κ1) is 12.5. The van der Waals surface area contributed by atoms with Crippen LogP contribution < -0.4 is 5.32 Å². The van der Waals surface area contributed by atoms with Crippen molar-refractivity contribution < 1.29 is 13.5 Å². The van der Waals surface area contributed by atoms with Crippen LogP contribution in [-0.4, -0.2) is 25.3 Å². The number of hydrogen-bond acceptors (Lipinski definition) is 2. The van der Waals surface area contributed by atoms with E-state index in [1.54, 1.807) is 18.2 Å². The van der Waals surface area contributed by atoms with Gasteiger partial charge in [-0.3, -0.25) is 0 Å². The average molecular weight is 241 g/mol. The van der Waals surface area contributed by atoms with Gasteiger partial charge in [0, 0.05) is 17.7 Å². The highest BCUT2D eigenvalue weighted by Gasteiger charge is 2.36. The molecule has 17 heavy (non-hydrogen) atoms. The third kappa shape index (κ3) is 3.01. The van der Waals surface area contributed by atoms with Crippen LogP contribution in [0, 0.1) is 0 Å². The van der Waals surface area contributed by atoms with Crippen molar-refractivity contribution in [2.45, 2.75) is 24.8 Å². The summed E-state index contributed by atoms with van der Waals surface area (Å²) in [5.41, 5.74) is -0.270. The smallest absolute Gasteiger partial charge is 0.285 e. The van der Waals surface area contributed by atoms with Crippen LogP contribution in [0.5, 0.6) is 0 Å². The summed E-state index contributed by atoms with van der Waals surface area (Å²) in [4.78, 5) is 0. The molecule has 1 fully saturated rings. The van der Waals surface area contributed by atoms with E-state index in [-0.39, 0.29) is 17.6 Å². The fourth-order valence-electron chi connectivity index (χ4n) is 1.91. The normalized spacial score (nSPS) is 25.1. The molecule has 0 aromatic heterocycles. The van der Waals surface area contributed by atoms with Gasteiger partial charge in [-0.1, -0.05) is 30.3 Å². The molecule has 1 N–H and O–H groups in total. The van der Waals surface area contributed by atoms with E-state index >= 15 is 0 Å². The van der Waals surface area contributed by atoms with Gasteiger partial charge in [0.15, 0.2) is 0 Å². The van der Waals surface area contributed by atoms with Crippen LogP contribution in [0.4, 0.5) is 8.78 Å². The van der Waals surface area contributed by atoms with E-state index < -0.39 is 5.92 Å². The molecule has 0 bridgehead atoms. The maximum Gasteiger partial charge on any atom is 0.285 e. The van der Waals surface area contributed by atoms with Crippen LogP contribution in [0.1, 0.15) is 18.9 Å². The van der Waals surface area contributed by atoms with E-state index in [0.29, 0.717) is 13.2 Å². The van der Waals surface area contributed by atoms with Gasteiger partial charge in [-0.15, -0.1) is 0 Å². The average Bonchev–Trinajstić information content (AvgIpc) is 2.76. The van der Waals surface area contributed by atoms with Crippen LogP contribution >= 0.6 is 0 Å². The molecular formula is C13H17F2NO. The Morgan fingerprint density at radius 3 is 2.65 bits per heavy atom. The maximum absolute atomic E-state index is 13.9. The molecule has 1 aliphatic rings.